The molecule has 1 saturated carbocycles. The first kappa shape index (κ1) is 11.0. The number of carbonyl (C=O) groups is 2. The zero-order chi connectivity index (χ0) is 10.8. The Hall–Kier alpha value is -1.11. The molecule has 0 atom stereocenters. The van der Waals surface area contributed by atoms with E-state index in [1.54, 1.807) is 0 Å². The summed E-state index contributed by atoms with van der Waals surface area (Å²) in [6.45, 7) is 0. The van der Waals surface area contributed by atoms with Crippen LogP contribution in [0.1, 0.15) is 19.3 Å². The van der Waals surface area contributed by atoms with E-state index in [-0.39, 0.29) is 0 Å². The number of nitrogens with one attached hydrogen (secondary N) is 1. The lowest BCUT2D eigenvalue weighted by molar-refractivity contribution is -0.143. The second kappa shape index (κ2) is 3.95. The van der Waals surface area contributed by atoms with Gasteiger partial charge in [0.1, 0.15) is 6.42 Å². The van der Waals surface area contributed by atoms with Crippen LogP contribution in [0.5, 0.6) is 0 Å². The van der Waals surface area contributed by atoms with Crippen molar-refractivity contribution >= 4 is 21.9 Å². The molecular formula is C7H11NO5S. The average molecular weight is 221 g/mol. The molecule has 1 fully saturated rings. The minimum Gasteiger partial charge on any atom is -0.469 e. The third-order valence-corrected chi connectivity index (χ3v) is 3.61. The molecule has 0 aliphatic heterocycles. The Morgan fingerprint density at radius 3 is 2.43 bits per heavy atom. The molecule has 7 heteroatoms. The molecular weight excluding hydrogens is 210 g/mol. The predicted molar refractivity (Wildman–Crippen MR) is 46.7 cm³/mol. The van der Waals surface area contributed by atoms with Gasteiger partial charge in [0.25, 0.3) is 0 Å². The van der Waals surface area contributed by atoms with Crippen molar-refractivity contribution in [1.82, 2.24) is 4.72 Å². The van der Waals surface area contributed by atoms with Gasteiger partial charge in [-0.3, -0.25) is 14.3 Å². The molecule has 0 radical (unpaired) electrons. The highest BCUT2D eigenvalue weighted by atomic mass is 32.2. The first-order chi connectivity index (χ1) is 6.45. The number of esters is 1. The smallest absolute Gasteiger partial charge is 0.315 e. The van der Waals surface area contributed by atoms with Crippen molar-refractivity contribution in [3.63, 3.8) is 0 Å². The summed E-state index contributed by atoms with van der Waals surface area (Å²) in [5.41, 5.74) is 0. The van der Waals surface area contributed by atoms with Crippen LogP contribution in [0.3, 0.4) is 0 Å². The summed E-state index contributed by atoms with van der Waals surface area (Å²) >= 11 is 0. The van der Waals surface area contributed by atoms with Crippen molar-refractivity contribution in [1.29, 1.82) is 0 Å². The second-order valence-corrected chi connectivity index (χ2v) is 4.98. The van der Waals surface area contributed by atoms with E-state index in [9.17, 15) is 18.0 Å². The zero-order valence-corrected chi connectivity index (χ0v) is 8.46. The van der Waals surface area contributed by atoms with Gasteiger partial charge in [-0.1, -0.05) is 0 Å². The highest BCUT2D eigenvalue weighted by Gasteiger charge is 2.36. The topological polar surface area (TPSA) is 89.5 Å². The number of hydrogen-bond acceptors (Lipinski definition) is 5. The average Bonchev–Trinajstić information content (AvgIpc) is 2.84. The Morgan fingerprint density at radius 2 is 2.00 bits per heavy atom. The second-order valence-electron chi connectivity index (χ2n) is 3.02. The molecule has 14 heavy (non-hydrogen) atoms. The normalized spacial score (nSPS) is 16.1. The van der Waals surface area contributed by atoms with E-state index in [0.717, 1.165) is 7.11 Å². The SMILES string of the molecule is COC(=O)CC(=O)NS(=O)(=O)C1CC1. The first-order valence-electron chi connectivity index (χ1n) is 4.07. The van der Waals surface area contributed by atoms with E-state index < -0.39 is 33.6 Å². The molecule has 0 heterocycles. The van der Waals surface area contributed by atoms with Crippen LogP contribution in [0.4, 0.5) is 0 Å². The number of hydrogen-bond donors (Lipinski definition) is 1. The molecule has 0 aromatic rings. The minimum atomic E-state index is -3.55. The molecule has 0 bridgehead atoms. The molecule has 6 nitrogen and oxygen atoms in total. The van der Waals surface area contributed by atoms with E-state index >= 15 is 0 Å². The Bertz CT molecular complexity index is 343. The summed E-state index contributed by atoms with van der Waals surface area (Å²) in [7, 11) is -2.42. The first-order valence-corrected chi connectivity index (χ1v) is 5.61. The Balaban J connectivity index is 2.44. The van der Waals surface area contributed by atoms with Gasteiger partial charge in [-0.2, -0.15) is 0 Å². The fourth-order valence-electron chi connectivity index (χ4n) is 0.860. The van der Waals surface area contributed by atoms with E-state index in [0.29, 0.717) is 12.8 Å². The summed E-state index contributed by atoms with van der Waals surface area (Å²) < 4.78 is 28.4. The largest absolute Gasteiger partial charge is 0.469 e. The van der Waals surface area contributed by atoms with E-state index in [4.69, 9.17) is 0 Å². The predicted octanol–water partition coefficient (Wildman–Crippen LogP) is -0.842. The minimum absolute atomic E-state index is 0.468. The Kier molecular flexibility index (Phi) is 3.10. The molecule has 0 unspecified atom stereocenters. The summed E-state index contributed by atoms with van der Waals surface area (Å²) in [5.74, 6) is -1.60. The van der Waals surface area contributed by atoms with Crippen LogP contribution in [-0.2, 0) is 24.3 Å². The zero-order valence-electron chi connectivity index (χ0n) is 7.65. The molecule has 0 aromatic carbocycles. The van der Waals surface area contributed by atoms with Gasteiger partial charge < -0.3 is 4.74 Å². The van der Waals surface area contributed by atoms with Gasteiger partial charge >= 0.3 is 5.97 Å². The molecule has 1 aliphatic carbocycles. The summed E-state index contributed by atoms with van der Waals surface area (Å²) in [6.07, 6.45) is 0.574. The van der Waals surface area contributed by atoms with Gasteiger partial charge in [-0.15, -0.1) is 0 Å². The number of carbonyl (C=O) groups excluding carboxylic acids is 2. The van der Waals surface area contributed by atoms with Gasteiger partial charge in [0.05, 0.1) is 12.4 Å². The lowest BCUT2D eigenvalue weighted by Gasteiger charge is -2.03. The molecule has 1 aliphatic rings. The molecule has 0 spiro atoms. The third kappa shape index (κ3) is 2.99. The van der Waals surface area contributed by atoms with E-state index in [1.807, 2.05) is 4.72 Å². The summed E-state index contributed by atoms with van der Waals surface area (Å²) in [4.78, 5) is 21.6. The maximum absolute atomic E-state index is 11.2. The molecule has 1 N–H and O–H groups in total. The highest BCUT2D eigenvalue weighted by Crippen LogP contribution is 2.27. The van der Waals surface area contributed by atoms with Gasteiger partial charge in [0.15, 0.2) is 0 Å². The highest BCUT2D eigenvalue weighted by molar-refractivity contribution is 7.90. The maximum Gasteiger partial charge on any atom is 0.315 e. The molecule has 1 rings (SSSR count). The van der Waals surface area contributed by atoms with Crippen LogP contribution < -0.4 is 4.72 Å². The van der Waals surface area contributed by atoms with Crippen molar-refractivity contribution in [2.24, 2.45) is 0 Å². The van der Waals surface area contributed by atoms with Crippen LogP contribution in [0.15, 0.2) is 0 Å². The number of sulfonamides is 1. The third-order valence-electron chi connectivity index (χ3n) is 1.75. The van der Waals surface area contributed by atoms with Crippen molar-refractivity contribution < 1.29 is 22.7 Å². The van der Waals surface area contributed by atoms with Crippen molar-refractivity contribution in [2.45, 2.75) is 24.5 Å². The molecule has 1 amide bonds. The van der Waals surface area contributed by atoms with Crippen molar-refractivity contribution in [2.75, 3.05) is 7.11 Å². The van der Waals surface area contributed by atoms with E-state index in [2.05, 4.69) is 4.74 Å². The molecule has 80 valence electrons. The fourth-order valence-corrected chi connectivity index (χ4v) is 2.17. The monoisotopic (exact) mass is 221 g/mol. The maximum atomic E-state index is 11.2. The Labute approximate surface area is 81.7 Å². The number of amides is 1. The van der Waals surface area contributed by atoms with Crippen LogP contribution in [0.25, 0.3) is 0 Å². The fraction of sp³-hybridized carbons (Fsp3) is 0.714. The van der Waals surface area contributed by atoms with Crippen molar-refractivity contribution in [3.8, 4) is 0 Å². The Morgan fingerprint density at radius 1 is 1.43 bits per heavy atom. The van der Waals surface area contributed by atoms with Crippen LogP contribution >= 0.6 is 0 Å². The van der Waals surface area contributed by atoms with Gasteiger partial charge in [-0.05, 0) is 12.8 Å². The van der Waals surface area contributed by atoms with Crippen LogP contribution in [0.2, 0.25) is 0 Å². The van der Waals surface area contributed by atoms with Gasteiger partial charge in [0.2, 0.25) is 15.9 Å². The van der Waals surface area contributed by atoms with Crippen LogP contribution in [0, 0.1) is 0 Å². The quantitative estimate of drug-likeness (QED) is 0.493. The number of methoxy groups -OCH3 is 1. The lowest BCUT2D eigenvalue weighted by atomic mass is 10.4. The number of ether oxygens (including phenoxy) is 1. The molecule has 0 aromatic heterocycles. The molecule has 0 saturated heterocycles. The van der Waals surface area contributed by atoms with Gasteiger partial charge in [0, 0.05) is 0 Å². The van der Waals surface area contributed by atoms with Crippen molar-refractivity contribution in [3.05, 3.63) is 0 Å². The van der Waals surface area contributed by atoms with Gasteiger partial charge in [-0.25, -0.2) is 8.42 Å². The lowest BCUT2D eigenvalue weighted by Crippen LogP contribution is -2.34. The van der Waals surface area contributed by atoms with Crippen LogP contribution in [-0.4, -0.2) is 32.7 Å². The standard InChI is InChI=1S/C7H11NO5S/c1-13-7(10)4-6(9)8-14(11,12)5-2-3-5/h5H,2-4H2,1H3,(H,8,9). The number of rotatable bonds is 4. The summed E-state index contributed by atoms with van der Waals surface area (Å²) in [6, 6.07) is 0. The summed E-state index contributed by atoms with van der Waals surface area (Å²) in [5, 5.41) is -0.468. The van der Waals surface area contributed by atoms with E-state index in [1.165, 1.54) is 0 Å².